The summed E-state index contributed by atoms with van der Waals surface area (Å²) in [5.41, 5.74) is 0.498. The van der Waals surface area contributed by atoms with Gasteiger partial charge in [0.2, 0.25) is 5.79 Å². The lowest BCUT2D eigenvalue weighted by atomic mass is 9.87. The standard InChI is InChI=1S/C17H15ClO5/c1-11(19)22-10-17(21-2)15-9-12(18)3-4-14(15)16(23-17)7-5-13(20)6-8-16/h3-9H,10H2,1-2H3. The molecular formula is C17H15ClO5. The van der Waals surface area contributed by atoms with Crippen LogP contribution in [-0.4, -0.2) is 25.5 Å². The smallest absolute Gasteiger partial charge is 0.302 e. The first-order valence-electron chi connectivity index (χ1n) is 7.02. The van der Waals surface area contributed by atoms with Gasteiger partial charge in [0.15, 0.2) is 5.78 Å². The van der Waals surface area contributed by atoms with Gasteiger partial charge in [0.1, 0.15) is 12.2 Å². The van der Waals surface area contributed by atoms with Gasteiger partial charge in [-0.25, -0.2) is 0 Å². The Balaban J connectivity index is 2.13. The van der Waals surface area contributed by atoms with E-state index in [9.17, 15) is 9.59 Å². The number of hydrogen-bond acceptors (Lipinski definition) is 5. The minimum Gasteiger partial charge on any atom is -0.460 e. The van der Waals surface area contributed by atoms with E-state index in [1.54, 1.807) is 24.3 Å². The first kappa shape index (κ1) is 15.9. The van der Waals surface area contributed by atoms with Crippen LogP contribution in [0, 0.1) is 0 Å². The van der Waals surface area contributed by atoms with Crippen molar-refractivity contribution in [1.82, 2.24) is 0 Å². The predicted octanol–water partition coefficient (Wildman–Crippen LogP) is 2.62. The third-order valence-electron chi connectivity index (χ3n) is 3.93. The van der Waals surface area contributed by atoms with Gasteiger partial charge in [-0.2, -0.15) is 0 Å². The Kier molecular flexibility index (Phi) is 3.88. The van der Waals surface area contributed by atoms with Gasteiger partial charge in [-0.3, -0.25) is 9.59 Å². The van der Waals surface area contributed by atoms with Gasteiger partial charge in [0.25, 0.3) is 0 Å². The van der Waals surface area contributed by atoms with Crippen molar-refractivity contribution in [2.24, 2.45) is 0 Å². The molecule has 0 bridgehead atoms. The summed E-state index contributed by atoms with van der Waals surface area (Å²) < 4.78 is 16.9. The molecule has 120 valence electrons. The van der Waals surface area contributed by atoms with Gasteiger partial charge in [-0.15, -0.1) is 0 Å². The monoisotopic (exact) mass is 334 g/mol. The van der Waals surface area contributed by atoms with Crippen molar-refractivity contribution in [2.75, 3.05) is 13.7 Å². The number of hydrogen-bond donors (Lipinski definition) is 0. The van der Waals surface area contributed by atoms with Crippen LogP contribution in [-0.2, 0) is 35.2 Å². The zero-order valence-electron chi connectivity index (χ0n) is 12.7. The molecule has 1 heterocycles. The molecule has 1 aromatic carbocycles. The number of ether oxygens (including phenoxy) is 3. The molecule has 5 nitrogen and oxygen atoms in total. The average molecular weight is 335 g/mol. The molecular weight excluding hydrogens is 320 g/mol. The summed E-state index contributed by atoms with van der Waals surface area (Å²) in [6, 6.07) is 5.27. The lowest BCUT2D eigenvalue weighted by Gasteiger charge is -2.31. The van der Waals surface area contributed by atoms with Crippen LogP contribution in [0.4, 0.5) is 0 Å². The number of carbonyl (C=O) groups excluding carboxylic acids is 2. The Morgan fingerprint density at radius 3 is 2.57 bits per heavy atom. The molecule has 1 aliphatic carbocycles. The Hall–Kier alpha value is -1.95. The molecule has 0 fully saturated rings. The summed E-state index contributed by atoms with van der Waals surface area (Å²) in [5.74, 6) is -1.86. The molecule has 1 spiro atoms. The molecule has 0 aromatic heterocycles. The van der Waals surface area contributed by atoms with Crippen molar-refractivity contribution < 1.29 is 23.8 Å². The molecule has 0 saturated carbocycles. The zero-order valence-corrected chi connectivity index (χ0v) is 13.4. The number of fused-ring (bicyclic) bond motifs is 2. The summed E-state index contributed by atoms with van der Waals surface area (Å²) in [5, 5.41) is 0.508. The van der Waals surface area contributed by atoms with Gasteiger partial charge in [0.05, 0.1) is 0 Å². The molecule has 0 radical (unpaired) electrons. The Bertz CT molecular complexity index is 720. The van der Waals surface area contributed by atoms with Gasteiger partial charge in [0, 0.05) is 30.2 Å². The second-order valence-corrected chi connectivity index (χ2v) is 5.83. The van der Waals surface area contributed by atoms with E-state index in [0.717, 1.165) is 5.56 Å². The van der Waals surface area contributed by atoms with Crippen LogP contribution in [0.3, 0.4) is 0 Å². The highest BCUT2D eigenvalue weighted by atomic mass is 35.5. The Labute approximate surface area is 138 Å². The van der Waals surface area contributed by atoms with Crippen LogP contribution in [0.2, 0.25) is 5.02 Å². The average Bonchev–Trinajstić information content (AvgIpc) is 2.79. The van der Waals surface area contributed by atoms with Crippen molar-refractivity contribution in [3.63, 3.8) is 0 Å². The van der Waals surface area contributed by atoms with Gasteiger partial charge >= 0.3 is 5.97 Å². The third kappa shape index (κ3) is 2.61. The summed E-state index contributed by atoms with van der Waals surface area (Å²) in [7, 11) is 1.47. The maximum absolute atomic E-state index is 11.5. The minimum absolute atomic E-state index is 0.121. The summed E-state index contributed by atoms with van der Waals surface area (Å²) in [6.07, 6.45) is 6.21. The van der Waals surface area contributed by atoms with E-state index in [4.69, 9.17) is 25.8 Å². The molecule has 2 aliphatic rings. The molecule has 6 heteroatoms. The highest BCUT2D eigenvalue weighted by Gasteiger charge is 2.53. The number of benzene rings is 1. The largest absolute Gasteiger partial charge is 0.460 e. The second kappa shape index (κ2) is 5.60. The summed E-state index contributed by atoms with van der Waals surface area (Å²) in [6.45, 7) is 1.19. The van der Waals surface area contributed by atoms with Crippen LogP contribution in [0.15, 0.2) is 42.5 Å². The zero-order chi connectivity index (χ0) is 16.7. The minimum atomic E-state index is -1.29. The highest BCUT2D eigenvalue weighted by molar-refractivity contribution is 6.30. The third-order valence-corrected chi connectivity index (χ3v) is 4.17. The molecule has 0 amide bonds. The van der Waals surface area contributed by atoms with Crippen molar-refractivity contribution >= 4 is 23.4 Å². The van der Waals surface area contributed by atoms with E-state index in [1.165, 1.54) is 26.2 Å². The van der Waals surface area contributed by atoms with Gasteiger partial charge in [-0.05, 0) is 36.4 Å². The fourth-order valence-corrected chi connectivity index (χ4v) is 3.01. The normalized spacial score (nSPS) is 24.0. The number of rotatable bonds is 3. The van der Waals surface area contributed by atoms with Crippen LogP contribution in [0.1, 0.15) is 18.1 Å². The second-order valence-electron chi connectivity index (χ2n) is 5.39. The fourth-order valence-electron chi connectivity index (χ4n) is 2.84. The van der Waals surface area contributed by atoms with Crippen LogP contribution in [0.5, 0.6) is 0 Å². The Morgan fingerprint density at radius 2 is 1.96 bits per heavy atom. The van der Waals surface area contributed by atoms with Crippen molar-refractivity contribution in [2.45, 2.75) is 18.3 Å². The van der Waals surface area contributed by atoms with Gasteiger partial charge < -0.3 is 14.2 Å². The van der Waals surface area contributed by atoms with Crippen molar-refractivity contribution in [3.8, 4) is 0 Å². The van der Waals surface area contributed by atoms with E-state index in [2.05, 4.69) is 0 Å². The summed E-state index contributed by atoms with van der Waals surface area (Å²) >= 11 is 6.11. The van der Waals surface area contributed by atoms with E-state index >= 15 is 0 Å². The maximum atomic E-state index is 11.5. The highest BCUT2D eigenvalue weighted by Crippen LogP contribution is 2.50. The summed E-state index contributed by atoms with van der Waals surface area (Å²) in [4.78, 5) is 22.7. The topological polar surface area (TPSA) is 61.8 Å². The number of carbonyl (C=O) groups is 2. The van der Waals surface area contributed by atoms with Crippen LogP contribution < -0.4 is 0 Å². The first-order chi connectivity index (χ1) is 10.9. The number of allylic oxidation sites excluding steroid dienone is 2. The molecule has 23 heavy (non-hydrogen) atoms. The number of methoxy groups -OCH3 is 1. The Morgan fingerprint density at radius 1 is 1.26 bits per heavy atom. The van der Waals surface area contributed by atoms with E-state index in [1.807, 2.05) is 6.07 Å². The van der Waals surface area contributed by atoms with E-state index in [0.29, 0.717) is 10.6 Å². The lowest BCUT2D eigenvalue weighted by Crippen LogP contribution is -2.37. The molecule has 0 saturated heterocycles. The number of ketones is 1. The molecule has 1 unspecified atom stereocenters. The molecule has 3 rings (SSSR count). The van der Waals surface area contributed by atoms with Crippen LogP contribution >= 0.6 is 11.6 Å². The first-order valence-corrected chi connectivity index (χ1v) is 7.40. The predicted molar refractivity (Wildman–Crippen MR) is 82.8 cm³/mol. The van der Waals surface area contributed by atoms with E-state index in [-0.39, 0.29) is 12.4 Å². The molecule has 0 N–H and O–H groups in total. The quantitative estimate of drug-likeness (QED) is 0.795. The molecule has 1 aliphatic heterocycles. The SMILES string of the molecule is COC1(COC(C)=O)OC2(C=CC(=O)C=C2)c2ccc(Cl)cc21. The number of halogens is 1. The molecule has 1 atom stereocenters. The van der Waals surface area contributed by atoms with Crippen molar-refractivity contribution in [3.05, 3.63) is 58.7 Å². The maximum Gasteiger partial charge on any atom is 0.302 e. The van der Waals surface area contributed by atoms with Crippen molar-refractivity contribution in [1.29, 1.82) is 0 Å². The van der Waals surface area contributed by atoms with Crippen LogP contribution in [0.25, 0.3) is 0 Å². The van der Waals surface area contributed by atoms with Gasteiger partial charge in [-0.1, -0.05) is 17.7 Å². The number of esters is 1. The lowest BCUT2D eigenvalue weighted by molar-refractivity contribution is -0.271. The fraction of sp³-hybridized carbons (Fsp3) is 0.294. The molecule has 1 aromatic rings. The van der Waals surface area contributed by atoms with E-state index < -0.39 is 17.4 Å².